The summed E-state index contributed by atoms with van der Waals surface area (Å²) in [5, 5.41) is 0. The van der Waals surface area contributed by atoms with Gasteiger partial charge >= 0.3 is 0 Å². The summed E-state index contributed by atoms with van der Waals surface area (Å²) in [6, 6.07) is 11.3. The minimum absolute atomic E-state index is 0.000565. The van der Waals surface area contributed by atoms with Gasteiger partial charge in [-0.15, -0.1) is 0 Å². The predicted octanol–water partition coefficient (Wildman–Crippen LogP) is 2.80. The standard InChI is InChI=1S/C17H28N2O/c1-17(2)13-16(9-12-20-17)19(11-6-10-18)14-15-7-4-3-5-8-15/h3-5,7-8,16H,6,9-14,18H2,1-2H3. The van der Waals surface area contributed by atoms with Crippen LogP contribution in [0.1, 0.15) is 38.7 Å². The molecule has 0 aromatic heterocycles. The van der Waals surface area contributed by atoms with Gasteiger partial charge in [0.25, 0.3) is 0 Å². The van der Waals surface area contributed by atoms with Gasteiger partial charge in [-0.1, -0.05) is 30.3 Å². The molecular formula is C17H28N2O. The first kappa shape index (κ1) is 15.5. The van der Waals surface area contributed by atoms with Gasteiger partial charge in [0.1, 0.15) is 0 Å². The van der Waals surface area contributed by atoms with Crippen molar-refractivity contribution in [2.24, 2.45) is 5.73 Å². The van der Waals surface area contributed by atoms with Crippen LogP contribution in [0.25, 0.3) is 0 Å². The van der Waals surface area contributed by atoms with E-state index < -0.39 is 0 Å². The van der Waals surface area contributed by atoms with E-state index in [0.29, 0.717) is 6.04 Å². The van der Waals surface area contributed by atoms with Gasteiger partial charge in [-0.3, -0.25) is 4.90 Å². The van der Waals surface area contributed by atoms with Crippen LogP contribution < -0.4 is 5.73 Å². The summed E-state index contributed by atoms with van der Waals surface area (Å²) in [5.41, 5.74) is 7.09. The topological polar surface area (TPSA) is 38.5 Å². The second-order valence-corrected chi connectivity index (χ2v) is 6.35. The number of nitrogens with two attached hydrogens (primary N) is 1. The number of ether oxygens (including phenoxy) is 1. The van der Waals surface area contributed by atoms with E-state index in [0.717, 1.165) is 45.5 Å². The summed E-state index contributed by atoms with van der Waals surface area (Å²) in [6.45, 7) is 8.11. The Morgan fingerprint density at radius 2 is 2.05 bits per heavy atom. The minimum atomic E-state index is 0.000565. The fraction of sp³-hybridized carbons (Fsp3) is 0.647. The van der Waals surface area contributed by atoms with Crippen LogP contribution in [-0.4, -0.2) is 36.2 Å². The maximum Gasteiger partial charge on any atom is 0.0641 e. The summed E-state index contributed by atoms with van der Waals surface area (Å²) in [7, 11) is 0. The lowest BCUT2D eigenvalue weighted by Gasteiger charge is -2.41. The van der Waals surface area contributed by atoms with E-state index in [2.05, 4.69) is 49.1 Å². The lowest BCUT2D eigenvalue weighted by Crippen LogP contribution is -2.46. The molecule has 0 amide bonds. The molecule has 0 aliphatic carbocycles. The predicted molar refractivity (Wildman–Crippen MR) is 83.6 cm³/mol. The molecule has 1 aromatic carbocycles. The molecule has 1 heterocycles. The number of rotatable bonds is 6. The fourth-order valence-electron chi connectivity index (χ4n) is 3.01. The van der Waals surface area contributed by atoms with Crippen molar-refractivity contribution >= 4 is 0 Å². The molecule has 1 atom stereocenters. The summed E-state index contributed by atoms with van der Waals surface area (Å²) in [4.78, 5) is 2.59. The second kappa shape index (κ2) is 7.21. The molecule has 0 bridgehead atoms. The second-order valence-electron chi connectivity index (χ2n) is 6.35. The highest BCUT2D eigenvalue weighted by molar-refractivity contribution is 5.14. The van der Waals surface area contributed by atoms with E-state index in [1.807, 2.05) is 0 Å². The fourth-order valence-corrected chi connectivity index (χ4v) is 3.01. The number of hydrogen-bond acceptors (Lipinski definition) is 3. The Morgan fingerprint density at radius 1 is 1.30 bits per heavy atom. The van der Waals surface area contributed by atoms with Gasteiger partial charge in [-0.05, 0) is 51.8 Å². The molecule has 1 unspecified atom stereocenters. The van der Waals surface area contributed by atoms with Crippen LogP contribution in [0, 0.1) is 0 Å². The van der Waals surface area contributed by atoms with Crippen molar-refractivity contribution in [3.8, 4) is 0 Å². The lowest BCUT2D eigenvalue weighted by molar-refractivity contribution is -0.0846. The van der Waals surface area contributed by atoms with Crippen LogP contribution in [0.4, 0.5) is 0 Å². The summed E-state index contributed by atoms with van der Waals surface area (Å²) < 4.78 is 5.85. The van der Waals surface area contributed by atoms with Gasteiger partial charge in [-0.25, -0.2) is 0 Å². The average molecular weight is 276 g/mol. The maximum atomic E-state index is 5.85. The van der Waals surface area contributed by atoms with E-state index in [9.17, 15) is 0 Å². The van der Waals surface area contributed by atoms with Crippen molar-refractivity contribution in [1.82, 2.24) is 4.90 Å². The SMILES string of the molecule is CC1(C)CC(N(CCCN)Cc2ccccc2)CCO1. The van der Waals surface area contributed by atoms with Gasteiger partial charge in [0.15, 0.2) is 0 Å². The molecule has 0 spiro atoms. The summed E-state index contributed by atoms with van der Waals surface area (Å²) in [6.07, 6.45) is 3.29. The Balaban J connectivity index is 2.02. The molecule has 20 heavy (non-hydrogen) atoms. The quantitative estimate of drug-likeness (QED) is 0.868. The molecule has 0 saturated carbocycles. The Hall–Kier alpha value is -0.900. The van der Waals surface area contributed by atoms with Crippen molar-refractivity contribution < 1.29 is 4.74 Å². The summed E-state index contributed by atoms with van der Waals surface area (Å²) in [5.74, 6) is 0. The summed E-state index contributed by atoms with van der Waals surface area (Å²) >= 11 is 0. The molecule has 112 valence electrons. The maximum absolute atomic E-state index is 5.85. The molecule has 3 nitrogen and oxygen atoms in total. The first-order chi connectivity index (χ1) is 9.61. The third-order valence-electron chi connectivity index (χ3n) is 4.07. The van der Waals surface area contributed by atoms with Crippen molar-refractivity contribution in [2.75, 3.05) is 19.7 Å². The molecule has 1 aliphatic heterocycles. The largest absolute Gasteiger partial charge is 0.375 e. The molecule has 1 saturated heterocycles. The smallest absolute Gasteiger partial charge is 0.0641 e. The van der Waals surface area contributed by atoms with E-state index in [-0.39, 0.29) is 5.60 Å². The van der Waals surface area contributed by atoms with E-state index >= 15 is 0 Å². The van der Waals surface area contributed by atoms with Gasteiger partial charge in [0, 0.05) is 19.2 Å². The van der Waals surface area contributed by atoms with Gasteiger partial charge < -0.3 is 10.5 Å². The number of benzene rings is 1. The average Bonchev–Trinajstić information content (AvgIpc) is 2.43. The van der Waals surface area contributed by atoms with Crippen LogP contribution in [0.2, 0.25) is 0 Å². The van der Waals surface area contributed by atoms with Crippen LogP contribution >= 0.6 is 0 Å². The lowest BCUT2D eigenvalue weighted by atomic mass is 9.92. The molecular weight excluding hydrogens is 248 g/mol. The Labute approximate surface area is 123 Å². The highest BCUT2D eigenvalue weighted by Crippen LogP contribution is 2.28. The van der Waals surface area contributed by atoms with E-state index in [1.165, 1.54) is 5.56 Å². The molecule has 3 heteroatoms. The highest BCUT2D eigenvalue weighted by Gasteiger charge is 2.31. The van der Waals surface area contributed by atoms with Crippen LogP contribution in [-0.2, 0) is 11.3 Å². The van der Waals surface area contributed by atoms with Crippen LogP contribution in [0.3, 0.4) is 0 Å². The van der Waals surface area contributed by atoms with Crippen molar-refractivity contribution in [2.45, 2.75) is 51.3 Å². The van der Waals surface area contributed by atoms with Crippen LogP contribution in [0.15, 0.2) is 30.3 Å². The van der Waals surface area contributed by atoms with Crippen molar-refractivity contribution in [3.63, 3.8) is 0 Å². The minimum Gasteiger partial charge on any atom is -0.375 e. The number of hydrogen-bond donors (Lipinski definition) is 1. The Kier molecular flexibility index (Phi) is 5.58. The van der Waals surface area contributed by atoms with E-state index in [4.69, 9.17) is 10.5 Å². The number of nitrogens with zero attached hydrogens (tertiary/aromatic N) is 1. The van der Waals surface area contributed by atoms with Gasteiger partial charge in [0.05, 0.1) is 5.60 Å². The first-order valence-electron chi connectivity index (χ1n) is 7.73. The molecule has 1 aromatic rings. The van der Waals surface area contributed by atoms with Crippen LogP contribution in [0.5, 0.6) is 0 Å². The monoisotopic (exact) mass is 276 g/mol. The van der Waals surface area contributed by atoms with E-state index in [1.54, 1.807) is 0 Å². The zero-order valence-electron chi connectivity index (χ0n) is 12.8. The van der Waals surface area contributed by atoms with Crippen molar-refractivity contribution in [3.05, 3.63) is 35.9 Å². The van der Waals surface area contributed by atoms with Crippen molar-refractivity contribution in [1.29, 1.82) is 0 Å². The third kappa shape index (κ3) is 4.58. The highest BCUT2D eigenvalue weighted by atomic mass is 16.5. The Bertz CT molecular complexity index is 391. The zero-order chi connectivity index (χ0) is 14.4. The normalized spacial score (nSPS) is 22.1. The molecule has 0 radical (unpaired) electrons. The third-order valence-corrected chi connectivity index (χ3v) is 4.07. The van der Waals surface area contributed by atoms with Gasteiger partial charge in [0.2, 0.25) is 0 Å². The first-order valence-corrected chi connectivity index (χ1v) is 7.73. The molecule has 1 aliphatic rings. The molecule has 2 N–H and O–H groups in total. The Morgan fingerprint density at radius 3 is 2.70 bits per heavy atom. The molecule has 2 rings (SSSR count). The van der Waals surface area contributed by atoms with Gasteiger partial charge in [-0.2, -0.15) is 0 Å². The molecule has 1 fully saturated rings. The zero-order valence-corrected chi connectivity index (χ0v) is 12.8.